The van der Waals surface area contributed by atoms with Crippen molar-refractivity contribution < 1.29 is 17.6 Å². The van der Waals surface area contributed by atoms with E-state index < -0.39 is 9.84 Å². The van der Waals surface area contributed by atoms with Crippen LogP contribution in [0.3, 0.4) is 0 Å². The van der Waals surface area contributed by atoms with Gasteiger partial charge in [-0.2, -0.15) is 0 Å². The number of carbonyl (C=O) groups excluding carboxylic acids is 1. The van der Waals surface area contributed by atoms with E-state index in [1.807, 2.05) is 4.90 Å². The first kappa shape index (κ1) is 21.4. The number of furan rings is 1. The molecule has 1 aliphatic heterocycles. The number of sulfone groups is 1. The Hall–Kier alpha value is -1.86. The topological polar surface area (TPSA) is 70.8 Å². The van der Waals surface area contributed by atoms with Gasteiger partial charge in [0.1, 0.15) is 5.58 Å². The van der Waals surface area contributed by atoms with Crippen molar-refractivity contribution in [3.05, 3.63) is 35.1 Å². The number of aryl methyl sites for hydroxylation is 2. The molecule has 7 heteroatoms. The average Bonchev–Trinajstić information content (AvgIpc) is 3.42. The fourth-order valence-corrected chi connectivity index (χ4v) is 6.60. The normalized spacial score (nSPS) is 20.2. The zero-order valence-corrected chi connectivity index (χ0v) is 18.8. The van der Waals surface area contributed by atoms with Gasteiger partial charge in [0.25, 0.3) is 0 Å². The summed E-state index contributed by atoms with van der Waals surface area (Å²) < 4.78 is 29.9. The number of rotatable bonds is 8. The van der Waals surface area contributed by atoms with Crippen LogP contribution in [0.25, 0.3) is 11.0 Å². The van der Waals surface area contributed by atoms with Gasteiger partial charge >= 0.3 is 0 Å². The fraction of sp³-hybridized carbons (Fsp3) is 0.609. The molecule has 1 aromatic heterocycles. The highest BCUT2D eigenvalue weighted by atomic mass is 32.2. The van der Waals surface area contributed by atoms with Gasteiger partial charge in [0.2, 0.25) is 5.91 Å². The largest absolute Gasteiger partial charge is 0.464 e. The van der Waals surface area contributed by atoms with E-state index in [1.54, 1.807) is 6.26 Å². The van der Waals surface area contributed by atoms with Crippen LogP contribution in [0.15, 0.2) is 22.8 Å². The molecule has 4 rings (SSSR count). The Morgan fingerprint density at radius 2 is 1.87 bits per heavy atom. The summed E-state index contributed by atoms with van der Waals surface area (Å²) in [5, 5.41) is 1.02. The van der Waals surface area contributed by atoms with Gasteiger partial charge in [0.15, 0.2) is 9.84 Å². The van der Waals surface area contributed by atoms with Crippen LogP contribution in [-0.2, 0) is 33.9 Å². The molecule has 1 aliphatic carbocycles. The predicted molar refractivity (Wildman–Crippen MR) is 119 cm³/mol. The maximum absolute atomic E-state index is 13.3. The number of hydrogen-bond acceptors (Lipinski definition) is 5. The Morgan fingerprint density at radius 1 is 1.13 bits per heavy atom. The molecule has 0 bridgehead atoms. The molecule has 0 N–H and O–H groups in total. The molecule has 1 aromatic carbocycles. The van der Waals surface area contributed by atoms with Crippen molar-refractivity contribution in [2.45, 2.75) is 52.0 Å². The van der Waals surface area contributed by atoms with Crippen molar-refractivity contribution in [2.24, 2.45) is 0 Å². The Bertz CT molecular complexity index is 1020. The second-order valence-electron chi connectivity index (χ2n) is 8.58. The highest BCUT2D eigenvalue weighted by Gasteiger charge is 2.34. The predicted octanol–water partition coefficient (Wildman–Crippen LogP) is 2.82. The summed E-state index contributed by atoms with van der Waals surface area (Å²) in [7, 11) is -3.05. The van der Waals surface area contributed by atoms with Crippen molar-refractivity contribution >= 4 is 26.7 Å². The number of hydrogen-bond donors (Lipinski definition) is 0. The van der Waals surface area contributed by atoms with Crippen LogP contribution in [0, 0.1) is 0 Å². The molecule has 6 nitrogen and oxygen atoms in total. The minimum atomic E-state index is -3.05. The monoisotopic (exact) mass is 432 g/mol. The lowest BCUT2D eigenvalue weighted by Crippen LogP contribution is -2.46. The minimum absolute atomic E-state index is 0.00699. The van der Waals surface area contributed by atoms with Crippen molar-refractivity contribution in [3.63, 3.8) is 0 Å². The van der Waals surface area contributed by atoms with Crippen LogP contribution < -0.4 is 0 Å². The summed E-state index contributed by atoms with van der Waals surface area (Å²) in [5.74, 6) is 0.247. The van der Waals surface area contributed by atoms with Gasteiger partial charge in [-0.15, -0.1) is 0 Å². The van der Waals surface area contributed by atoms with E-state index in [1.165, 1.54) is 17.5 Å². The molecule has 1 unspecified atom stereocenters. The average molecular weight is 433 g/mol. The Labute approximate surface area is 179 Å². The van der Waals surface area contributed by atoms with E-state index in [0.29, 0.717) is 13.0 Å². The quantitative estimate of drug-likeness (QED) is 0.642. The molecule has 1 fully saturated rings. The number of nitrogens with zero attached hydrogens (tertiary/aromatic N) is 2. The van der Waals surface area contributed by atoms with Gasteiger partial charge in [0, 0.05) is 30.1 Å². The molecular formula is C23H32N2O4S. The molecule has 0 saturated carbocycles. The van der Waals surface area contributed by atoms with Crippen molar-refractivity contribution in [3.8, 4) is 0 Å². The van der Waals surface area contributed by atoms with Crippen molar-refractivity contribution in [1.82, 2.24) is 9.80 Å². The Morgan fingerprint density at radius 3 is 2.53 bits per heavy atom. The maximum Gasteiger partial charge on any atom is 0.227 e. The summed E-state index contributed by atoms with van der Waals surface area (Å²) in [4.78, 5) is 17.4. The SMILES string of the molecule is CCN(CC)CCN(C(=O)Cc1coc2cc3c(cc12)CCC3)C1CCS(=O)(=O)C1. The maximum atomic E-state index is 13.3. The lowest BCUT2D eigenvalue weighted by Gasteiger charge is -2.31. The second-order valence-corrected chi connectivity index (χ2v) is 10.8. The number of likely N-dealkylation sites (N-methyl/N-ethyl adjacent to an activating group) is 1. The van der Waals surface area contributed by atoms with E-state index in [0.717, 1.165) is 49.0 Å². The first-order chi connectivity index (χ1) is 14.4. The van der Waals surface area contributed by atoms with Gasteiger partial charge in [-0.05, 0) is 62.0 Å². The molecule has 164 valence electrons. The van der Waals surface area contributed by atoms with E-state index in [9.17, 15) is 13.2 Å². The van der Waals surface area contributed by atoms with Crippen molar-refractivity contribution in [2.75, 3.05) is 37.7 Å². The number of carbonyl (C=O) groups is 1. The third kappa shape index (κ3) is 4.42. The Kier molecular flexibility index (Phi) is 6.21. The molecular weight excluding hydrogens is 400 g/mol. The highest BCUT2D eigenvalue weighted by Crippen LogP contribution is 2.31. The minimum Gasteiger partial charge on any atom is -0.464 e. The molecule has 2 heterocycles. The highest BCUT2D eigenvalue weighted by molar-refractivity contribution is 7.91. The fourth-order valence-electron chi connectivity index (χ4n) is 4.87. The Balaban J connectivity index is 1.54. The summed E-state index contributed by atoms with van der Waals surface area (Å²) in [6.07, 6.45) is 5.83. The molecule has 1 amide bonds. The standard InChI is InChI=1S/C23H32N2O4S/c1-3-24(4-2)9-10-25(20-8-11-30(27,28)16-20)23(26)14-19-15-29-22-13-18-7-5-6-17(18)12-21(19)22/h12-13,15,20H,3-11,14,16H2,1-2H3. The van der Waals surface area contributed by atoms with Crippen LogP contribution >= 0.6 is 0 Å². The smallest absolute Gasteiger partial charge is 0.227 e. The molecule has 0 radical (unpaired) electrons. The molecule has 2 aliphatic rings. The molecule has 30 heavy (non-hydrogen) atoms. The van der Waals surface area contributed by atoms with Gasteiger partial charge in [-0.1, -0.05) is 13.8 Å². The van der Waals surface area contributed by atoms with Gasteiger partial charge in [0.05, 0.1) is 24.2 Å². The van der Waals surface area contributed by atoms with Gasteiger partial charge < -0.3 is 14.2 Å². The van der Waals surface area contributed by atoms with E-state index >= 15 is 0 Å². The molecule has 1 saturated heterocycles. The van der Waals surface area contributed by atoms with Crippen LogP contribution in [0.2, 0.25) is 0 Å². The summed E-state index contributed by atoms with van der Waals surface area (Å²) in [6, 6.07) is 4.08. The number of amides is 1. The van der Waals surface area contributed by atoms with Crippen LogP contribution in [-0.4, -0.2) is 67.9 Å². The summed E-state index contributed by atoms with van der Waals surface area (Å²) in [6.45, 7) is 7.36. The van der Waals surface area contributed by atoms with E-state index in [2.05, 4.69) is 30.9 Å². The van der Waals surface area contributed by atoms with Crippen LogP contribution in [0.4, 0.5) is 0 Å². The molecule has 2 aromatic rings. The van der Waals surface area contributed by atoms with Gasteiger partial charge in [-0.3, -0.25) is 4.79 Å². The zero-order valence-electron chi connectivity index (χ0n) is 18.0. The van der Waals surface area contributed by atoms with Gasteiger partial charge in [-0.25, -0.2) is 8.42 Å². The third-order valence-electron chi connectivity index (χ3n) is 6.73. The zero-order chi connectivity index (χ0) is 21.3. The summed E-state index contributed by atoms with van der Waals surface area (Å²) >= 11 is 0. The first-order valence-electron chi connectivity index (χ1n) is 11.1. The summed E-state index contributed by atoms with van der Waals surface area (Å²) in [5.41, 5.74) is 4.46. The molecule has 1 atom stereocenters. The first-order valence-corrected chi connectivity index (χ1v) is 13.0. The second kappa shape index (κ2) is 8.71. The van der Waals surface area contributed by atoms with Crippen LogP contribution in [0.1, 0.15) is 43.4 Å². The molecule has 0 spiro atoms. The lowest BCUT2D eigenvalue weighted by atomic mass is 10.0. The van der Waals surface area contributed by atoms with E-state index in [4.69, 9.17) is 4.42 Å². The van der Waals surface area contributed by atoms with E-state index in [-0.39, 0.29) is 29.9 Å². The number of fused-ring (bicyclic) bond motifs is 2. The number of benzene rings is 1. The lowest BCUT2D eigenvalue weighted by molar-refractivity contribution is -0.132. The van der Waals surface area contributed by atoms with Crippen LogP contribution in [0.5, 0.6) is 0 Å². The third-order valence-corrected chi connectivity index (χ3v) is 8.48. The van der Waals surface area contributed by atoms with Crippen molar-refractivity contribution in [1.29, 1.82) is 0 Å².